The van der Waals surface area contributed by atoms with E-state index in [4.69, 9.17) is 0 Å². The minimum atomic E-state index is -3.40. The van der Waals surface area contributed by atoms with Crippen LogP contribution >= 0.6 is 15.9 Å². The number of halogens is 1. The average molecular weight is 447 g/mol. The van der Waals surface area contributed by atoms with E-state index in [9.17, 15) is 13.2 Å². The minimum absolute atomic E-state index is 0.0523. The van der Waals surface area contributed by atoms with Crippen LogP contribution in [0.2, 0.25) is 0 Å². The lowest BCUT2D eigenvalue weighted by Crippen LogP contribution is -2.46. The second-order valence-electron chi connectivity index (χ2n) is 8.58. The summed E-state index contributed by atoms with van der Waals surface area (Å²) in [6.07, 6.45) is 2.79. The standard InChI is InChI=1S/C19H31BrN2O3S/c1-18(2,3)14-19(4,5)21-17(23)8-7-13-22(26(6,24)25)16-11-9-15(20)10-12-16/h9-12H,7-8,13-14H2,1-6H3,(H,21,23). The molecule has 0 heterocycles. The number of hydrogen-bond acceptors (Lipinski definition) is 3. The number of rotatable bonds is 8. The Labute approximate surface area is 166 Å². The number of benzene rings is 1. The van der Waals surface area contributed by atoms with Crippen LogP contribution in [0.1, 0.15) is 53.9 Å². The molecule has 26 heavy (non-hydrogen) atoms. The van der Waals surface area contributed by atoms with E-state index in [-0.39, 0.29) is 29.8 Å². The molecule has 148 valence electrons. The van der Waals surface area contributed by atoms with Gasteiger partial charge in [-0.3, -0.25) is 9.10 Å². The van der Waals surface area contributed by atoms with Gasteiger partial charge in [0.1, 0.15) is 0 Å². The van der Waals surface area contributed by atoms with E-state index >= 15 is 0 Å². The van der Waals surface area contributed by atoms with Crippen LogP contribution in [0.3, 0.4) is 0 Å². The first-order chi connectivity index (χ1) is 11.7. The third-order valence-corrected chi connectivity index (χ3v) is 5.45. The largest absolute Gasteiger partial charge is 0.351 e. The molecule has 0 aliphatic carbocycles. The molecule has 0 spiro atoms. The molecule has 7 heteroatoms. The lowest BCUT2D eigenvalue weighted by atomic mass is 9.82. The van der Waals surface area contributed by atoms with Crippen molar-refractivity contribution in [3.05, 3.63) is 28.7 Å². The van der Waals surface area contributed by atoms with Gasteiger partial charge in [0, 0.05) is 23.0 Å². The quantitative estimate of drug-likeness (QED) is 0.645. The van der Waals surface area contributed by atoms with Crippen LogP contribution in [0.4, 0.5) is 5.69 Å². The van der Waals surface area contributed by atoms with Crippen LogP contribution in [0.25, 0.3) is 0 Å². The van der Waals surface area contributed by atoms with E-state index in [1.165, 1.54) is 10.6 Å². The molecule has 1 rings (SSSR count). The molecule has 0 bridgehead atoms. The van der Waals surface area contributed by atoms with Crippen LogP contribution in [0.5, 0.6) is 0 Å². The van der Waals surface area contributed by atoms with Crippen molar-refractivity contribution in [3.8, 4) is 0 Å². The first-order valence-electron chi connectivity index (χ1n) is 8.74. The number of hydrogen-bond donors (Lipinski definition) is 1. The Morgan fingerprint density at radius 3 is 2.12 bits per heavy atom. The van der Waals surface area contributed by atoms with E-state index in [0.717, 1.165) is 10.9 Å². The second-order valence-corrected chi connectivity index (χ2v) is 11.4. The minimum Gasteiger partial charge on any atom is -0.351 e. The number of anilines is 1. The Morgan fingerprint density at radius 2 is 1.65 bits per heavy atom. The van der Waals surface area contributed by atoms with Gasteiger partial charge in [-0.15, -0.1) is 0 Å². The van der Waals surface area contributed by atoms with Crippen molar-refractivity contribution in [1.29, 1.82) is 0 Å². The normalized spacial score (nSPS) is 12.7. The van der Waals surface area contributed by atoms with Crippen molar-refractivity contribution < 1.29 is 13.2 Å². The van der Waals surface area contributed by atoms with Gasteiger partial charge in [-0.05, 0) is 56.4 Å². The van der Waals surface area contributed by atoms with Crippen LogP contribution in [0.15, 0.2) is 28.7 Å². The molecule has 0 saturated carbocycles. The van der Waals surface area contributed by atoms with E-state index in [2.05, 4.69) is 42.0 Å². The van der Waals surface area contributed by atoms with Gasteiger partial charge in [0.25, 0.3) is 0 Å². The summed E-state index contributed by atoms with van der Waals surface area (Å²) in [5.74, 6) is -0.0523. The fourth-order valence-electron chi connectivity index (χ4n) is 3.29. The summed E-state index contributed by atoms with van der Waals surface area (Å²) < 4.78 is 26.4. The zero-order valence-electron chi connectivity index (χ0n) is 16.6. The van der Waals surface area contributed by atoms with Gasteiger partial charge in [-0.2, -0.15) is 0 Å². The average Bonchev–Trinajstić information content (AvgIpc) is 2.40. The Hall–Kier alpha value is -1.08. The SMILES string of the molecule is CC(C)(C)CC(C)(C)NC(=O)CCCN(c1ccc(Br)cc1)S(C)(=O)=O. The van der Waals surface area contributed by atoms with Crippen LogP contribution in [-0.2, 0) is 14.8 Å². The zero-order valence-corrected chi connectivity index (χ0v) is 19.0. The number of amides is 1. The summed E-state index contributed by atoms with van der Waals surface area (Å²) >= 11 is 3.34. The van der Waals surface area contributed by atoms with Crippen LogP contribution in [0, 0.1) is 5.41 Å². The Balaban J connectivity index is 2.65. The molecule has 1 amide bonds. The van der Waals surface area contributed by atoms with E-state index in [1.54, 1.807) is 24.3 Å². The fourth-order valence-corrected chi connectivity index (χ4v) is 4.52. The van der Waals surface area contributed by atoms with Gasteiger partial charge in [-0.25, -0.2) is 8.42 Å². The highest BCUT2D eigenvalue weighted by atomic mass is 79.9. The third-order valence-electron chi connectivity index (χ3n) is 3.73. The van der Waals surface area contributed by atoms with Gasteiger partial charge < -0.3 is 5.32 Å². The molecule has 0 fully saturated rings. The molecule has 1 aromatic rings. The van der Waals surface area contributed by atoms with Crippen molar-refractivity contribution in [2.75, 3.05) is 17.1 Å². The monoisotopic (exact) mass is 446 g/mol. The predicted molar refractivity (Wildman–Crippen MR) is 112 cm³/mol. The van der Waals surface area contributed by atoms with Crippen molar-refractivity contribution in [1.82, 2.24) is 5.32 Å². The van der Waals surface area contributed by atoms with Gasteiger partial charge in [0.05, 0.1) is 11.9 Å². The molecular weight excluding hydrogens is 416 g/mol. The number of carbonyl (C=O) groups is 1. The Morgan fingerprint density at radius 1 is 1.12 bits per heavy atom. The van der Waals surface area contributed by atoms with Crippen molar-refractivity contribution in [2.24, 2.45) is 5.41 Å². The molecule has 0 aliphatic rings. The highest BCUT2D eigenvalue weighted by Crippen LogP contribution is 2.27. The molecule has 0 atom stereocenters. The summed E-state index contributed by atoms with van der Waals surface area (Å²) in [6, 6.07) is 7.10. The van der Waals surface area contributed by atoms with Gasteiger partial charge in [-0.1, -0.05) is 36.7 Å². The molecule has 0 radical (unpaired) electrons. The van der Waals surface area contributed by atoms with E-state index in [1.807, 2.05) is 13.8 Å². The smallest absolute Gasteiger partial charge is 0.232 e. The molecule has 0 aliphatic heterocycles. The maximum absolute atomic E-state index is 12.3. The fraction of sp³-hybridized carbons (Fsp3) is 0.632. The maximum atomic E-state index is 12.3. The van der Waals surface area contributed by atoms with E-state index in [0.29, 0.717) is 12.1 Å². The zero-order chi connectivity index (χ0) is 20.2. The Kier molecular flexibility index (Phi) is 7.72. The molecule has 1 N–H and O–H groups in total. The highest BCUT2D eigenvalue weighted by Gasteiger charge is 2.27. The number of carbonyl (C=O) groups excluding carboxylic acids is 1. The summed E-state index contributed by atoms with van der Waals surface area (Å²) in [7, 11) is -3.40. The molecule has 5 nitrogen and oxygen atoms in total. The van der Waals surface area contributed by atoms with Crippen molar-refractivity contribution in [2.45, 2.75) is 59.4 Å². The first-order valence-corrected chi connectivity index (χ1v) is 11.4. The van der Waals surface area contributed by atoms with Crippen molar-refractivity contribution >= 4 is 37.5 Å². The van der Waals surface area contributed by atoms with Gasteiger partial charge >= 0.3 is 0 Å². The number of sulfonamides is 1. The van der Waals surface area contributed by atoms with Crippen LogP contribution < -0.4 is 9.62 Å². The maximum Gasteiger partial charge on any atom is 0.232 e. The summed E-state index contributed by atoms with van der Waals surface area (Å²) in [6.45, 7) is 10.7. The lowest BCUT2D eigenvalue weighted by Gasteiger charge is -2.33. The second kappa shape index (κ2) is 8.74. The summed E-state index contributed by atoms with van der Waals surface area (Å²) in [5, 5.41) is 3.06. The van der Waals surface area contributed by atoms with Crippen molar-refractivity contribution in [3.63, 3.8) is 0 Å². The number of nitrogens with one attached hydrogen (secondary N) is 1. The molecule has 1 aromatic carbocycles. The van der Waals surface area contributed by atoms with E-state index < -0.39 is 10.0 Å². The first kappa shape index (κ1) is 23.0. The van der Waals surface area contributed by atoms with Gasteiger partial charge in [0.2, 0.25) is 15.9 Å². The molecular formula is C19H31BrN2O3S. The summed E-state index contributed by atoms with van der Waals surface area (Å²) in [4.78, 5) is 12.3. The lowest BCUT2D eigenvalue weighted by molar-refractivity contribution is -0.123. The molecule has 0 aromatic heterocycles. The third kappa shape index (κ3) is 8.54. The topological polar surface area (TPSA) is 66.5 Å². The number of nitrogens with zero attached hydrogens (tertiary/aromatic N) is 1. The molecule has 0 saturated heterocycles. The predicted octanol–water partition coefficient (Wildman–Crippen LogP) is 4.33. The summed E-state index contributed by atoms with van der Waals surface area (Å²) in [5.41, 5.74) is 0.424. The molecule has 0 unspecified atom stereocenters. The van der Waals surface area contributed by atoms with Gasteiger partial charge in [0.15, 0.2) is 0 Å². The highest BCUT2D eigenvalue weighted by molar-refractivity contribution is 9.10. The van der Waals surface area contributed by atoms with Crippen LogP contribution in [-0.4, -0.2) is 32.7 Å². The Bertz CT molecular complexity index is 707.